The van der Waals surface area contributed by atoms with Crippen LogP contribution in [0.5, 0.6) is 0 Å². The van der Waals surface area contributed by atoms with E-state index in [-0.39, 0.29) is 0 Å². The van der Waals surface area contributed by atoms with Gasteiger partial charge in [-0.2, -0.15) is 0 Å². The van der Waals surface area contributed by atoms with Gasteiger partial charge in [0.1, 0.15) is 0 Å². The van der Waals surface area contributed by atoms with Gasteiger partial charge in [-0.15, -0.1) is 0 Å². The molecule has 2 rings (SSSR count). The third-order valence-corrected chi connectivity index (χ3v) is 3.40. The Morgan fingerprint density at radius 3 is 2.79 bits per heavy atom. The molecule has 0 radical (unpaired) electrons. The summed E-state index contributed by atoms with van der Waals surface area (Å²) in [5, 5.41) is 1.40. The van der Waals surface area contributed by atoms with Gasteiger partial charge in [0.15, 0.2) is 5.13 Å². The van der Waals surface area contributed by atoms with Crippen LogP contribution < -0.4 is 5.73 Å². The quantitative estimate of drug-likeness (QED) is 0.806. The maximum absolute atomic E-state index is 6.15. The van der Waals surface area contributed by atoms with Crippen molar-refractivity contribution in [2.24, 2.45) is 0 Å². The van der Waals surface area contributed by atoms with Crippen LogP contribution in [0.4, 0.5) is 5.13 Å². The van der Waals surface area contributed by atoms with E-state index in [1.165, 1.54) is 11.3 Å². The van der Waals surface area contributed by atoms with Crippen LogP contribution in [0.25, 0.3) is 10.2 Å². The molecule has 2 aromatic rings. The van der Waals surface area contributed by atoms with Crippen molar-refractivity contribution in [2.45, 2.75) is 19.8 Å². The molecule has 4 heteroatoms. The van der Waals surface area contributed by atoms with Crippen LogP contribution in [-0.2, 0) is 0 Å². The first-order valence-corrected chi connectivity index (χ1v) is 5.63. The predicted molar refractivity (Wildman–Crippen MR) is 63.1 cm³/mol. The van der Waals surface area contributed by atoms with Gasteiger partial charge in [0.25, 0.3) is 0 Å². The van der Waals surface area contributed by atoms with Gasteiger partial charge in [-0.25, -0.2) is 4.98 Å². The van der Waals surface area contributed by atoms with E-state index in [0.29, 0.717) is 11.0 Å². The maximum atomic E-state index is 6.15. The van der Waals surface area contributed by atoms with Gasteiger partial charge < -0.3 is 5.73 Å². The fourth-order valence-electron chi connectivity index (χ4n) is 1.54. The highest BCUT2D eigenvalue weighted by atomic mass is 35.5. The van der Waals surface area contributed by atoms with Gasteiger partial charge in [0.05, 0.1) is 10.2 Å². The highest BCUT2D eigenvalue weighted by molar-refractivity contribution is 7.22. The van der Waals surface area contributed by atoms with Crippen molar-refractivity contribution in [2.75, 3.05) is 5.73 Å². The second kappa shape index (κ2) is 3.41. The van der Waals surface area contributed by atoms with Crippen molar-refractivity contribution < 1.29 is 0 Å². The highest BCUT2D eigenvalue weighted by Gasteiger charge is 2.12. The molecule has 0 aliphatic rings. The molecule has 0 saturated heterocycles. The van der Waals surface area contributed by atoms with E-state index in [1.807, 2.05) is 12.1 Å². The van der Waals surface area contributed by atoms with E-state index in [4.69, 9.17) is 17.3 Å². The first-order valence-electron chi connectivity index (χ1n) is 4.44. The average molecular weight is 227 g/mol. The number of hydrogen-bond donors (Lipinski definition) is 1. The molecule has 2 N–H and O–H groups in total. The number of anilines is 1. The smallest absolute Gasteiger partial charge is 0.181 e. The molecule has 2 nitrogen and oxygen atoms in total. The number of nitrogens with two attached hydrogens (primary N) is 1. The first kappa shape index (κ1) is 9.74. The Bertz CT molecular complexity index is 476. The van der Waals surface area contributed by atoms with Crippen molar-refractivity contribution in [1.29, 1.82) is 0 Å². The second-order valence-electron chi connectivity index (χ2n) is 3.52. The minimum absolute atomic E-state index is 0.394. The first-order chi connectivity index (χ1) is 6.59. The number of hydrogen-bond acceptors (Lipinski definition) is 3. The molecular formula is C10H11ClN2S. The number of aromatic nitrogens is 1. The molecule has 0 aliphatic heterocycles. The number of nitrogen functional groups attached to an aromatic ring is 1. The van der Waals surface area contributed by atoms with Crippen molar-refractivity contribution in [3.63, 3.8) is 0 Å². The van der Waals surface area contributed by atoms with Gasteiger partial charge in [-0.05, 0) is 23.6 Å². The molecule has 1 heterocycles. The Hall–Kier alpha value is -0.800. The van der Waals surface area contributed by atoms with Gasteiger partial charge in [-0.3, -0.25) is 0 Å². The van der Waals surface area contributed by atoms with E-state index < -0.39 is 0 Å². The SMILES string of the molecule is CC(C)c1c(Cl)ccc2nc(N)sc12. The van der Waals surface area contributed by atoms with Crippen molar-refractivity contribution >= 4 is 38.3 Å². The molecular weight excluding hydrogens is 216 g/mol. The van der Waals surface area contributed by atoms with Crippen molar-refractivity contribution in [1.82, 2.24) is 4.98 Å². The standard InChI is InChI=1S/C10H11ClN2S/c1-5(2)8-6(11)3-4-7-9(8)14-10(12)13-7/h3-5H,1-2H3,(H2,12,13). The van der Waals surface area contributed by atoms with E-state index >= 15 is 0 Å². The average Bonchev–Trinajstić information content (AvgIpc) is 2.43. The predicted octanol–water partition coefficient (Wildman–Crippen LogP) is 3.66. The molecule has 0 saturated carbocycles. The summed E-state index contributed by atoms with van der Waals surface area (Å²) in [5.41, 5.74) is 7.77. The largest absolute Gasteiger partial charge is 0.375 e. The summed E-state index contributed by atoms with van der Waals surface area (Å²) in [6.07, 6.45) is 0. The number of rotatable bonds is 1. The van der Waals surface area contributed by atoms with Crippen molar-refractivity contribution in [3.05, 3.63) is 22.7 Å². The van der Waals surface area contributed by atoms with Gasteiger partial charge in [-0.1, -0.05) is 36.8 Å². The topological polar surface area (TPSA) is 38.9 Å². The Morgan fingerprint density at radius 2 is 2.14 bits per heavy atom. The Morgan fingerprint density at radius 1 is 1.43 bits per heavy atom. The number of nitrogens with zero attached hydrogens (tertiary/aromatic N) is 1. The van der Waals surface area contributed by atoms with Crippen LogP contribution in [0.2, 0.25) is 5.02 Å². The Kier molecular flexibility index (Phi) is 2.37. The van der Waals surface area contributed by atoms with Crippen LogP contribution in [0.3, 0.4) is 0 Å². The molecule has 14 heavy (non-hydrogen) atoms. The molecule has 0 spiro atoms. The van der Waals surface area contributed by atoms with E-state index in [2.05, 4.69) is 18.8 Å². The minimum atomic E-state index is 0.394. The molecule has 74 valence electrons. The molecule has 0 fully saturated rings. The van der Waals surface area contributed by atoms with Crippen LogP contribution in [0, 0.1) is 0 Å². The number of fused-ring (bicyclic) bond motifs is 1. The number of thiazole rings is 1. The minimum Gasteiger partial charge on any atom is -0.375 e. The van der Waals surface area contributed by atoms with Gasteiger partial charge >= 0.3 is 0 Å². The molecule has 1 aromatic heterocycles. The van der Waals surface area contributed by atoms with Crippen molar-refractivity contribution in [3.8, 4) is 0 Å². The fourth-order valence-corrected chi connectivity index (χ4v) is 3.00. The lowest BCUT2D eigenvalue weighted by Gasteiger charge is -2.08. The Labute approximate surface area is 91.7 Å². The zero-order valence-corrected chi connectivity index (χ0v) is 9.62. The molecule has 0 atom stereocenters. The molecule has 0 bridgehead atoms. The third kappa shape index (κ3) is 1.47. The van der Waals surface area contributed by atoms with Gasteiger partial charge in [0.2, 0.25) is 0 Å². The summed E-state index contributed by atoms with van der Waals surface area (Å²) in [4.78, 5) is 4.23. The molecule has 0 amide bonds. The summed E-state index contributed by atoms with van der Waals surface area (Å²) in [5.74, 6) is 0.394. The molecule has 0 unspecified atom stereocenters. The summed E-state index contributed by atoms with van der Waals surface area (Å²) < 4.78 is 1.12. The lowest BCUT2D eigenvalue weighted by molar-refractivity contribution is 0.878. The van der Waals surface area contributed by atoms with Crippen LogP contribution in [0.1, 0.15) is 25.3 Å². The summed E-state index contributed by atoms with van der Waals surface area (Å²) >= 11 is 7.65. The normalized spacial score (nSPS) is 11.4. The third-order valence-electron chi connectivity index (χ3n) is 2.14. The van der Waals surface area contributed by atoms with Crippen LogP contribution in [0.15, 0.2) is 12.1 Å². The lowest BCUT2D eigenvalue weighted by Crippen LogP contribution is -1.88. The van der Waals surface area contributed by atoms with E-state index in [1.54, 1.807) is 0 Å². The van der Waals surface area contributed by atoms with E-state index in [9.17, 15) is 0 Å². The molecule has 1 aromatic carbocycles. The lowest BCUT2D eigenvalue weighted by atomic mass is 10.0. The summed E-state index contributed by atoms with van der Waals surface area (Å²) in [6, 6.07) is 3.80. The Balaban J connectivity index is 2.82. The van der Waals surface area contributed by atoms with E-state index in [0.717, 1.165) is 20.8 Å². The zero-order valence-electron chi connectivity index (χ0n) is 8.04. The number of halogens is 1. The summed E-state index contributed by atoms with van der Waals surface area (Å²) in [7, 11) is 0. The number of benzene rings is 1. The second-order valence-corrected chi connectivity index (χ2v) is 4.95. The highest BCUT2D eigenvalue weighted by Crippen LogP contribution is 2.36. The molecule has 0 aliphatic carbocycles. The van der Waals surface area contributed by atoms with Crippen LogP contribution in [-0.4, -0.2) is 4.98 Å². The van der Waals surface area contributed by atoms with Crippen LogP contribution >= 0.6 is 22.9 Å². The summed E-state index contributed by atoms with van der Waals surface area (Å²) in [6.45, 7) is 4.24. The monoisotopic (exact) mass is 226 g/mol. The fraction of sp³-hybridized carbons (Fsp3) is 0.300. The maximum Gasteiger partial charge on any atom is 0.181 e. The zero-order chi connectivity index (χ0) is 10.3. The van der Waals surface area contributed by atoms with Gasteiger partial charge in [0, 0.05) is 5.02 Å².